The van der Waals surface area contributed by atoms with Gasteiger partial charge in [0.15, 0.2) is 5.75 Å². The van der Waals surface area contributed by atoms with Crippen LogP contribution in [0.15, 0.2) is 28.5 Å². The zero-order valence-corrected chi connectivity index (χ0v) is 15.6. The first-order valence-electron chi connectivity index (χ1n) is 7.78. The Balaban J connectivity index is 1.85. The van der Waals surface area contributed by atoms with E-state index in [1.807, 2.05) is 6.92 Å². The summed E-state index contributed by atoms with van der Waals surface area (Å²) in [6, 6.07) is 3.66. The number of sulfonamides is 1. The third-order valence-electron chi connectivity index (χ3n) is 3.78. The molecule has 2 heterocycles. The molecular formula is C15H17N3O6S2. The van der Waals surface area contributed by atoms with Crippen LogP contribution in [0.2, 0.25) is 0 Å². The van der Waals surface area contributed by atoms with E-state index in [-0.39, 0.29) is 30.3 Å². The number of nitro benzene ring substituents is 1. The van der Waals surface area contributed by atoms with E-state index in [1.165, 1.54) is 27.8 Å². The van der Waals surface area contributed by atoms with Gasteiger partial charge in [-0.3, -0.25) is 10.1 Å². The summed E-state index contributed by atoms with van der Waals surface area (Å²) in [5, 5.41) is 14.0. The highest BCUT2D eigenvalue weighted by Crippen LogP contribution is 2.31. The molecule has 3 rings (SSSR count). The van der Waals surface area contributed by atoms with Crippen LogP contribution in [0.5, 0.6) is 5.75 Å². The Morgan fingerprint density at radius 2 is 2.12 bits per heavy atom. The second kappa shape index (κ2) is 7.66. The van der Waals surface area contributed by atoms with Gasteiger partial charge in [0.1, 0.15) is 6.61 Å². The first-order valence-corrected chi connectivity index (χ1v) is 10.1. The molecule has 140 valence electrons. The van der Waals surface area contributed by atoms with Gasteiger partial charge >= 0.3 is 5.69 Å². The maximum atomic E-state index is 12.7. The van der Waals surface area contributed by atoms with Crippen LogP contribution in [0.4, 0.5) is 5.69 Å². The lowest BCUT2D eigenvalue weighted by Gasteiger charge is -2.26. The lowest BCUT2D eigenvalue weighted by Crippen LogP contribution is -2.40. The van der Waals surface area contributed by atoms with Crippen molar-refractivity contribution in [2.24, 2.45) is 0 Å². The monoisotopic (exact) mass is 399 g/mol. The first kappa shape index (κ1) is 18.7. The van der Waals surface area contributed by atoms with Crippen molar-refractivity contribution in [3.8, 4) is 5.75 Å². The molecule has 0 saturated carbocycles. The predicted molar refractivity (Wildman–Crippen MR) is 93.9 cm³/mol. The van der Waals surface area contributed by atoms with E-state index in [1.54, 1.807) is 5.38 Å². The number of aryl methyl sites for hydroxylation is 1. The van der Waals surface area contributed by atoms with E-state index in [0.29, 0.717) is 18.9 Å². The fraction of sp³-hybridized carbons (Fsp3) is 0.400. The van der Waals surface area contributed by atoms with E-state index in [9.17, 15) is 18.5 Å². The summed E-state index contributed by atoms with van der Waals surface area (Å²) in [4.78, 5) is 14.8. The number of ether oxygens (including phenoxy) is 2. The largest absolute Gasteiger partial charge is 0.480 e. The van der Waals surface area contributed by atoms with Crippen LogP contribution in [0.3, 0.4) is 0 Å². The molecule has 0 unspecified atom stereocenters. The van der Waals surface area contributed by atoms with Gasteiger partial charge in [0, 0.05) is 24.5 Å². The highest BCUT2D eigenvalue weighted by molar-refractivity contribution is 7.89. The number of rotatable bonds is 6. The summed E-state index contributed by atoms with van der Waals surface area (Å²) < 4.78 is 37.2. The molecule has 1 aromatic heterocycles. The van der Waals surface area contributed by atoms with Crippen molar-refractivity contribution in [3.05, 3.63) is 44.4 Å². The van der Waals surface area contributed by atoms with Gasteiger partial charge in [0.05, 0.1) is 33.7 Å². The third-order valence-corrected chi connectivity index (χ3v) is 6.49. The molecule has 11 heteroatoms. The average Bonchev–Trinajstić information content (AvgIpc) is 3.05. The fourth-order valence-electron chi connectivity index (χ4n) is 2.48. The molecule has 1 aromatic carbocycles. The maximum Gasteiger partial charge on any atom is 0.312 e. The lowest BCUT2D eigenvalue weighted by atomic mass is 10.3. The molecule has 0 aliphatic carbocycles. The number of morpholine rings is 1. The van der Waals surface area contributed by atoms with Gasteiger partial charge in [-0.2, -0.15) is 4.31 Å². The Morgan fingerprint density at radius 3 is 2.73 bits per heavy atom. The van der Waals surface area contributed by atoms with Crippen LogP contribution in [0, 0.1) is 17.0 Å². The Hall–Kier alpha value is -2.08. The second-order valence-corrected chi connectivity index (χ2v) is 8.55. The molecule has 0 bridgehead atoms. The SMILES string of the molecule is Cc1nc(COc2ccc(S(=O)(=O)N3CCOCC3)cc2[N+](=O)[O-])cs1. The maximum absolute atomic E-state index is 12.7. The Morgan fingerprint density at radius 1 is 1.38 bits per heavy atom. The summed E-state index contributed by atoms with van der Waals surface area (Å²) in [5.41, 5.74) is 0.262. The Kier molecular flexibility index (Phi) is 5.51. The highest BCUT2D eigenvalue weighted by atomic mass is 32.2. The summed E-state index contributed by atoms with van der Waals surface area (Å²) in [7, 11) is -3.82. The molecule has 0 spiro atoms. The molecule has 1 saturated heterocycles. The van der Waals surface area contributed by atoms with E-state index < -0.39 is 20.6 Å². The smallest absolute Gasteiger partial charge is 0.312 e. The minimum Gasteiger partial charge on any atom is -0.480 e. The molecule has 0 N–H and O–H groups in total. The predicted octanol–water partition coefficient (Wildman–Crippen LogP) is 1.96. The van der Waals surface area contributed by atoms with E-state index >= 15 is 0 Å². The summed E-state index contributed by atoms with van der Waals surface area (Å²) in [6.45, 7) is 2.96. The summed E-state index contributed by atoms with van der Waals surface area (Å²) in [5.74, 6) is 0.00146. The van der Waals surface area contributed by atoms with Crippen LogP contribution in [-0.2, 0) is 21.4 Å². The number of hydrogen-bond donors (Lipinski definition) is 0. The van der Waals surface area contributed by atoms with Crippen molar-refractivity contribution < 1.29 is 22.8 Å². The van der Waals surface area contributed by atoms with E-state index in [2.05, 4.69) is 4.98 Å². The Labute approximate surface area is 154 Å². The molecule has 1 aliphatic rings. The molecular weight excluding hydrogens is 382 g/mol. The minimum absolute atomic E-state index is 0.00146. The van der Waals surface area contributed by atoms with Gasteiger partial charge in [-0.05, 0) is 19.1 Å². The highest BCUT2D eigenvalue weighted by Gasteiger charge is 2.29. The van der Waals surface area contributed by atoms with Crippen LogP contribution in [0.1, 0.15) is 10.7 Å². The molecule has 0 atom stereocenters. The molecule has 2 aromatic rings. The summed E-state index contributed by atoms with van der Waals surface area (Å²) >= 11 is 1.45. The van der Waals surface area contributed by atoms with Crippen LogP contribution in [-0.4, -0.2) is 48.9 Å². The zero-order valence-electron chi connectivity index (χ0n) is 14.0. The number of benzene rings is 1. The molecule has 26 heavy (non-hydrogen) atoms. The van der Waals surface area contributed by atoms with E-state index in [4.69, 9.17) is 9.47 Å². The van der Waals surface area contributed by atoms with Crippen molar-refractivity contribution in [2.75, 3.05) is 26.3 Å². The third kappa shape index (κ3) is 4.01. The topological polar surface area (TPSA) is 112 Å². The van der Waals surface area contributed by atoms with Crippen LogP contribution < -0.4 is 4.74 Å². The van der Waals surface area contributed by atoms with Crippen molar-refractivity contribution >= 4 is 27.0 Å². The first-order chi connectivity index (χ1) is 12.4. The molecule has 1 fully saturated rings. The molecule has 9 nitrogen and oxygen atoms in total. The quantitative estimate of drug-likeness (QED) is 0.539. The van der Waals surface area contributed by atoms with Gasteiger partial charge in [0.25, 0.3) is 0 Å². The average molecular weight is 399 g/mol. The zero-order chi connectivity index (χ0) is 18.7. The number of nitrogens with zero attached hydrogens (tertiary/aromatic N) is 3. The van der Waals surface area contributed by atoms with Gasteiger partial charge in [-0.25, -0.2) is 13.4 Å². The van der Waals surface area contributed by atoms with Gasteiger partial charge in [-0.15, -0.1) is 11.3 Å². The minimum atomic E-state index is -3.82. The van der Waals surface area contributed by atoms with Crippen LogP contribution in [0.25, 0.3) is 0 Å². The fourth-order valence-corrected chi connectivity index (χ4v) is 4.51. The molecule has 0 radical (unpaired) electrons. The van der Waals surface area contributed by atoms with Crippen molar-refractivity contribution in [1.29, 1.82) is 0 Å². The van der Waals surface area contributed by atoms with Crippen molar-refractivity contribution in [2.45, 2.75) is 18.4 Å². The number of aromatic nitrogens is 1. The molecule has 0 amide bonds. The van der Waals surface area contributed by atoms with Crippen molar-refractivity contribution in [3.63, 3.8) is 0 Å². The summed E-state index contributed by atoms with van der Waals surface area (Å²) in [6.07, 6.45) is 0. The second-order valence-electron chi connectivity index (χ2n) is 5.55. The van der Waals surface area contributed by atoms with E-state index in [0.717, 1.165) is 11.1 Å². The Bertz CT molecular complexity index is 906. The van der Waals surface area contributed by atoms with Gasteiger partial charge in [0.2, 0.25) is 10.0 Å². The lowest BCUT2D eigenvalue weighted by molar-refractivity contribution is -0.386. The molecule has 1 aliphatic heterocycles. The van der Waals surface area contributed by atoms with Gasteiger partial charge < -0.3 is 9.47 Å². The van der Waals surface area contributed by atoms with Crippen LogP contribution >= 0.6 is 11.3 Å². The standard InChI is InChI=1S/C15H17N3O6S2/c1-11-16-12(10-25-11)9-24-15-3-2-13(8-14(15)18(19)20)26(21,22)17-4-6-23-7-5-17/h2-3,8,10H,4-7,9H2,1H3. The van der Waals surface area contributed by atoms with Crippen molar-refractivity contribution in [1.82, 2.24) is 9.29 Å². The van der Waals surface area contributed by atoms with Gasteiger partial charge in [-0.1, -0.05) is 0 Å². The number of thiazole rings is 1. The number of hydrogen-bond acceptors (Lipinski definition) is 8. The normalized spacial score (nSPS) is 15.7. The number of nitro groups is 1.